The summed E-state index contributed by atoms with van der Waals surface area (Å²) >= 11 is 0. The number of hydrogen-bond donors (Lipinski definition) is 0. The summed E-state index contributed by atoms with van der Waals surface area (Å²) in [6.07, 6.45) is 1.88. The Morgan fingerprint density at radius 1 is 1.43 bits per heavy atom. The Morgan fingerprint density at radius 3 is 2.76 bits per heavy atom. The van der Waals surface area contributed by atoms with Gasteiger partial charge in [-0.3, -0.25) is 14.8 Å². The van der Waals surface area contributed by atoms with Crippen LogP contribution in [0.15, 0.2) is 30.5 Å². The second-order valence-corrected chi connectivity index (χ2v) is 4.57. The lowest BCUT2D eigenvalue weighted by molar-refractivity contribution is -0.385. The lowest BCUT2D eigenvalue weighted by Crippen LogP contribution is -2.09. The molecule has 1 aromatic heterocycles. The van der Waals surface area contributed by atoms with E-state index >= 15 is 0 Å². The van der Waals surface area contributed by atoms with E-state index in [-0.39, 0.29) is 12.3 Å². The van der Waals surface area contributed by atoms with Gasteiger partial charge in [-0.2, -0.15) is 5.10 Å². The van der Waals surface area contributed by atoms with E-state index in [1.54, 1.807) is 38.4 Å². The zero-order valence-electron chi connectivity index (χ0n) is 11.8. The van der Waals surface area contributed by atoms with Gasteiger partial charge in [0.05, 0.1) is 17.2 Å². The molecule has 0 saturated carbocycles. The smallest absolute Gasteiger partial charge is 0.341 e. The molecular formula is C14H15N3O4. The van der Waals surface area contributed by atoms with E-state index in [9.17, 15) is 14.9 Å². The summed E-state index contributed by atoms with van der Waals surface area (Å²) < 4.78 is 6.68. The fourth-order valence-corrected chi connectivity index (χ4v) is 2.03. The number of ether oxygens (including phenoxy) is 1. The minimum Gasteiger partial charge on any atom is -0.462 e. The number of hydrogen-bond acceptors (Lipinski definition) is 5. The summed E-state index contributed by atoms with van der Waals surface area (Å²) in [6.45, 7) is 1.80. The SMILES string of the molecule is Cc1nn(C)cc1C(=O)OCCc1ccccc1[N+](=O)[O-]. The van der Waals surface area contributed by atoms with Crippen molar-refractivity contribution in [3.05, 3.63) is 57.4 Å². The van der Waals surface area contributed by atoms with E-state index in [0.717, 1.165) is 0 Å². The molecule has 1 heterocycles. The van der Waals surface area contributed by atoms with Crippen molar-refractivity contribution in [2.45, 2.75) is 13.3 Å². The van der Waals surface area contributed by atoms with Crippen LogP contribution in [0.4, 0.5) is 5.69 Å². The normalized spacial score (nSPS) is 10.4. The molecule has 0 aliphatic rings. The van der Waals surface area contributed by atoms with Crippen molar-refractivity contribution in [1.82, 2.24) is 9.78 Å². The number of nitro groups is 1. The lowest BCUT2D eigenvalue weighted by atomic mass is 10.1. The van der Waals surface area contributed by atoms with Gasteiger partial charge in [0.15, 0.2) is 0 Å². The summed E-state index contributed by atoms with van der Waals surface area (Å²) in [6, 6.07) is 6.41. The van der Waals surface area contributed by atoms with Crippen molar-refractivity contribution in [3.63, 3.8) is 0 Å². The van der Waals surface area contributed by atoms with E-state index in [0.29, 0.717) is 23.2 Å². The quantitative estimate of drug-likeness (QED) is 0.477. The van der Waals surface area contributed by atoms with E-state index in [1.165, 1.54) is 10.7 Å². The first-order valence-corrected chi connectivity index (χ1v) is 6.38. The van der Waals surface area contributed by atoms with Gasteiger partial charge in [0.2, 0.25) is 0 Å². The summed E-state index contributed by atoms with van der Waals surface area (Å²) in [4.78, 5) is 22.3. The standard InChI is InChI=1S/C14H15N3O4/c1-10-12(9-16(2)15-10)14(18)21-8-7-11-5-3-4-6-13(11)17(19)20/h3-6,9H,7-8H2,1-2H3. The molecule has 21 heavy (non-hydrogen) atoms. The van der Waals surface area contributed by atoms with Crippen LogP contribution >= 0.6 is 0 Å². The Bertz CT molecular complexity index is 679. The van der Waals surface area contributed by atoms with Crippen molar-refractivity contribution in [2.24, 2.45) is 7.05 Å². The van der Waals surface area contributed by atoms with E-state index in [2.05, 4.69) is 5.10 Å². The molecule has 7 nitrogen and oxygen atoms in total. The number of para-hydroxylation sites is 1. The highest BCUT2D eigenvalue weighted by atomic mass is 16.6. The average molecular weight is 289 g/mol. The number of carbonyl (C=O) groups excluding carboxylic acids is 1. The Kier molecular flexibility index (Phi) is 4.32. The van der Waals surface area contributed by atoms with Gasteiger partial charge in [-0.1, -0.05) is 18.2 Å². The number of nitro benzene ring substituents is 1. The fourth-order valence-electron chi connectivity index (χ4n) is 2.03. The molecule has 0 atom stereocenters. The zero-order chi connectivity index (χ0) is 15.4. The summed E-state index contributed by atoms with van der Waals surface area (Å²) in [7, 11) is 1.72. The number of aromatic nitrogens is 2. The third kappa shape index (κ3) is 3.44. The topological polar surface area (TPSA) is 87.3 Å². The molecule has 7 heteroatoms. The van der Waals surface area contributed by atoms with Gasteiger partial charge in [0.25, 0.3) is 5.69 Å². The highest BCUT2D eigenvalue weighted by molar-refractivity contribution is 5.90. The molecule has 0 N–H and O–H groups in total. The van der Waals surface area contributed by atoms with Crippen LogP contribution in [0.2, 0.25) is 0 Å². The molecule has 0 saturated heterocycles. The third-order valence-electron chi connectivity index (χ3n) is 3.03. The van der Waals surface area contributed by atoms with Gasteiger partial charge >= 0.3 is 5.97 Å². The first-order valence-electron chi connectivity index (χ1n) is 6.38. The fraction of sp³-hybridized carbons (Fsp3) is 0.286. The van der Waals surface area contributed by atoms with E-state index < -0.39 is 10.9 Å². The van der Waals surface area contributed by atoms with Crippen LogP contribution in [-0.4, -0.2) is 27.3 Å². The van der Waals surface area contributed by atoms with E-state index in [1.807, 2.05) is 0 Å². The largest absolute Gasteiger partial charge is 0.462 e. The monoisotopic (exact) mass is 289 g/mol. The molecule has 0 amide bonds. The predicted octanol–water partition coefficient (Wildman–Crippen LogP) is 2.04. The maximum atomic E-state index is 11.9. The highest BCUT2D eigenvalue weighted by Gasteiger charge is 2.16. The zero-order valence-corrected chi connectivity index (χ0v) is 11.8. The Balaban J connectivity index is 1.97. The van der Waals surface area contributed by atoms with Crippen LogP contribution in [0.5, 0.6) is 0 Å². The van der Waals surface area contributed by atoms with Gasteiger partial charge in [-0.25, -0.2) is 4.79 Å². The van der Waals surface area contributed by atoms with E-state index in [4.69, 9.17) is 4.74 Å². The van der Waals surface area contributed by atoms with Gasteiger partial charge in [0.1, 0.15) is 5.56 Å². The van der Waals surface area contributed by atoms with Crippen LogP contribution < -0.4 is 0 Å². The number of carbonyl (C=O) groups is 1. The molecule has 0 aliphatic heterocycles. The predicted molar refractivity (Wildman–Crippen MR) is 75.0 cm³/mol. The van der Waals surface area contributed by atoms with Gasteiger partial charge in [-0.05, 0) is 6.92 Å². The van der Waals surface area contributed by atoms with Crippen molar-refractivity contribution in [2.75, 3.05) is 6.61 Å². The molecule has 0 unspecified atom stereocenters. The average Bonchev–Trinajstić information content (AvgIpc) is 2.78. The molecule has 2 aromatic rings. The molecule has 0 fully saturated rings. The van der Waals surface area contributed by atoms with Crippen LogP contribution in [0, 0.1) is 17.0 Å². The second kappa shape index (κ2) is 6.17. The van der Waals surface area contributed by atoms with Gasteiger partial charge in [0, 0.05) is 31.3 Å². The number of rotatable bonds is 5. The van der Waals surface area contributed by atoms with Gasteiger partial charge < -0.3 is 4.74 Å². The number of esters is 1. The first-order chi connectivity index (χ1) is 9.99. The number of nitrogens with zero attached hydrogens (tertiary/aromatic N) is 3. The number of benzene rings is 1. The minimum atomic E-state index is -0.473. The summed E-state index contributed by atoms with van der Waals surface area (Å²) in [5.41, 5.74) is 1.57. The second-order valence-electron chi connectivity index (χ2n) is 4.57. The lowest BCUT2D eigenvalue weighted by Gasteiger charge is -2.05. The summed E-state index contributed by atoms with van der Waals surface area (Å²) in [5, 5.41) is 14.9. The molecule has 0 aliphatic carbocycles. The minimum absolute atomic E-state index is 0.0334. The highest BCUT2D eigenvalue weighted by Crippen LogP contribution is 2.18. The van der Waals surface area contributed by atoms with Crippen molar-refractivity contribution in [1.29, 1.82) is 0 Å². The third-order valence-corrected chi connectivity index (χ3v) is 3.03. The molecule has 0 radical (unpaired) electrons. The molecule has 1 aromatic carbocycles. The maximum absolute atomic E-state index is 11.9. The van der Waals surface area contributed by atoms with Crippen molar-refractivity contribution < 1.29 is 14.5 Å². The Labute approximate surface area is 121 Å². The molecular weight excluding hydrogens is 274 g/mol. The molecule has 2 rings (SSSR count). The molecule has 0 bridgehead atoms. The molecule has 0 spiro atoms. The number of aryl methyl sites for hydroxylation is 2. The van der Waals surface area contributed by atoms with Crippen LogP contribution in [-0.2, 0) is 18.2 Å². The molecule has 110 valence electrons. The maximum Gasteiger partial charge on any atom is 0.341 e. The first kappa shape index (κ1) is 14.7. The van der Waals surface area contributed by atoms with Crippen LogP contribution in [0.1, 0.15) is 21.6 Å². The Hall–Kier alpha value is -2.70. The van der Waals surface area contributed by atoms with Gasteiger partial charge in [-0.15, -0.1) is 0 Å². The van der Waals surface area contributed by atoms with Crippen LogP contribution in [0.3, 0.4) is 0 Å². The summed E-state index contributed by atoms with van der Waals surface area (Å²) in [5.74, 6) is -0.473. The van der Waals surface area contributed by atoms with Crippen molar-refractivity contribution >= 4 is 11.7 Å². The van der Waals surface area contributed by atoms with Crippen molar-refractivity contribution in [3.8, 4) is 0 Å². The Morgan fingerprint density at radius 2 is 2.14 bits per heavy atom. The van der Waals surface area contributed by atoms with Crippen LogP contribution in [0.25, 0.3) is 0 Å².